The number of hydrogen-bond donors (Lipinski definition) is 2. The summed E-state index contributed by atoms with van der Waals surface area (Å²) in [5.74, 6) is 0.0146. The van der Waals surface area contributed by atoms with Gasteiger partial charge in [0.05, 0.1) is 11.9 Å². The summed E-state index contributed by atoms with van der Waals surface area (Å²) < 4.78 is 0. The molecule has 2 aliphatic rings. The van der Waals surface area contributed by atoms with Gasteiger partial charge in [0.25, 0.3) is 11.8 Å². The molecule has 0 spiro atoms. The van der Waals surface area contributed by atoms with Crippen LogP contribution in [0.15, 0.2) is 36.8 Å². The molecule has 6 nitrogen and oxygen atoms in total. The predicted octanol–water partition coefficient (Wildman–Crippen LogP) is 2.89. The van der Waals surface area contributed by atoms with Gasteiger partial charge in [0, 0.05) is 24.0 Å². The van der Waals surface area contributed by atoms with Crippen molar-refractivity contribution in [3.8, 4) is 0 Å². The minimum atomic E-state index is -0.253. The lowest BCUT2D eigenvalue weighted by molar-refractivity contribution is 0.0946. The highest BCUT2D eigenvalue weighted by atomic mass is 16.2. The average Bonchev–Trinajstić information content (AvgIpc) is 3.39. The van der Waals surface area contributed by atoms with E-state index in [-0.39, 0.29) is 23.6 Å². The molecule has 2 heterocycles. The van der Waals surface area contributed by atoms with Crippen molar-refractivity contribution in [2.24, 2.45) is 0 Å². The zero-order chi connectivity index (χ0) is 17.2. The van der Waals surface area contributed by atoms with Gasteiger partial charge in [-0.3, -0.25) is 19.6 Å². The van der Waals surface area contributed by atoms with Crippen LogP contribution in [0.4, 0.5) is 5.69 Å². The van der Waals surface area contributed by atoms with Crippen molar-refractivity contribution < 1.29 is 9.59 Å². The molecule has 2 fully saturated rings. The Balaban J connectivity index is 1.50. The van der Waals surface area contributed by atoms with Crippen molar-refractivity contribution in [3.63, 3.8) is 0 Å². The minimum absolute atomic E-state index is 0.228. The van der Waals surface area contributed by atoms with Gasteiger partial charge in [-0.05, 0) is 55.4 Å². The molecule has 0 aliphatic heterocycles. The number of nitrogens with one attached hydrogen (secondary N) is 2. The van der Waals surface area contributed by atoms with Gasteiger partial charge in [-0.25, -0.2) is 0 Å². The minimum Gasteiger partial charge on any atom is -0.348 e. The van der Waals surface area contributed by atoms with Crippen LogP contribution in [-0.4, -0.2) is 27.8 Å². The Kier molecular flexibility index (Phi) is 4.17. The second-order valence-corrected chi connectivity index (χ2v) is 6.72. The highest BCUT2D eigenvalue weighted by Gasteiger charge is 2.25. The lowest BCUT2D eigenvalue weighted by Crippen LogP contribution is -2.26. The Bertz CT molecular complexity index is 813. The maximum Gasteiger partial charge on any atom is 0.270 e. The van der Waals surface area contributed by atoms with Crippen molar-refractivity contribution in [3.05, 3.63) is 53.6 Å². The quantitative estimate of drug-likeness (QED) is 0.879. The van der Waals surface area contributed by atoms with Crippen LogP contribution >= 0.6 is 0 Å². The molecule has 2 aromatic rings. The van der Waals surface area contributed by atoms with E-state index in [4.69, 9.17) is 0 Å². The van der Waals surface area contributed by atoms with Crippen molar-refractivity contribution in [1.82, 2.24) is 15.3 Å². The standard InChI is InChI=1S/C19H20N4O2/c24-18(23-17-11-20-8-7-15(17)12-2-1-3-12)13-6-9-21-16(10-13)19(25)22-14-4-5-14/h6-12,14H,1-5H2,(H,22,25)(H,23,24). The maximum atomic E-state index is 12.6. The van der Waals surface area contributed by atoms with E-state index in [1.807, 2.05) is 6.07 Å². The van der Waals surface area contributed by atoms with Gasteiger partial charge in [0.1, 0.15) is 5.69 Å². The molecule has 2 N–H and O–H groups in total. The molecule has 0 saturated heterocycles. The van der Waals surface area contributed by atoms with E-state index in [9.17, 15) is 9.59 Å². The molecule has 0 aromatic carbocycles. The largest absolute Gasteiger partial charge is 0.348 e. The van der Waals surface area contributed by atoms with Crippen LogP contribution in [0.3, 0.4) is 0 Å². The van der Waals surface area contributed by atoms with E-state index in [1.54, 1.807) is 18.5 Å². The molecule has 0 unspecified atom stereocenters. The molecule has 4 rings (SSSR count). The third-order valence-corrected chi connectivity index (χ3v) is 4.82. The molecule has 2 aromatic heterocycles. The number of hydrogen-bond acceptors (Lipinski definition) is 4. The lowest BCUT2D eigenvalue weighted by atomic mass is 9.80. The Labute approximate surface area is 146 Å². The first-order valence-corrected chi connectivity index (χ1v) is 8.73. The normalized spacial score (nSPS) is 16.8. The van der Waals surface area contributed by atoms with Crippen LogP contribution in [-0.2, 0) is 0 Å². The molecule has 2 aliphatic carbocycles. The molecule has 2 saturated carbocycles. The van der Waals surface area contributed by atoms with Crippen molar-refractivity contribution in [1.29, 1.82) is 0 Å². The summed E-state index contributed by atoms with van der Waals surface area (Å²) in [6.07, 6.45) is 10.5. The van der Waals surface area contributed by atoms with Gasteiger partial charge < -0.3 is 10.6 Å². The fourth-order valence-electron chi connectivity index (χ4n) is 2.96. The summed E-state index contributed by atoms with van der Waals surface area (Å²) in [4.78, 5) is 32.9. The SMILES string of the molecule is O=C(Nc1cnccc1C1CCC1)c1ccnc(C(=O)NC2CC2)c1. The predicted molar refractivity (Wildman–Crippen MR) is 93.5 cm³/mol. The number of carbonyl (C=O) groups is 2. The number of pyridine rings is 2. The van der Waals surface area contributed by atoms with E-state index < -0.39 is 0 Å². The van der Waals surface area contributed by atoms with Gasteiger partial charge in [-0.15, -0.1) is 0 Å². The van der Waals surface area contributed by atoms with Crippen LogP contribution < -0.4 is 10.6 Å². The molecular formula is C19H20N4O2. The van der Waals surface area contributed by atoms with Crippen LogP contribution in [0.1, 0.15) is 64.4 Å². The average molecular weight is 336 g/mol. The van der Waals surface area contributed by atoms with Gasteiger partial charge in [0.15, 0.2) is 0 Å². The smallest absolute Gasteiger partial charge is 0.270 e. The van der Waals surface area contributed by atoms with Crippen LogP contribution in [0.2, 0.25) is 0 Å². The zero-order valence-electron chi connectivity index (χ0n) is 13.9. The van der Waals surface area contributed by atoms with Gasteiger partial charge in [-0.2, -0.15) is 0 Å². The molecule has 6 heteroatoms. The highest BCUT2D eigenvalue weighted by Crippen LogP contribution is 2.39. The summed E-state index contributed by atoms with van der Waals surface area (Å²) in [5.41, 5.74) is 2.57. The summed E-state index contributed by atoms with van der Waals surface area (Å²) >= 11 is 0. The molecule has 128 valence electrons. The van der Waals surface area contributed by atoms with E-state index in [0.29, 0.717) is 11.5 Å². The number of amides is 2. The Morgan fingerprint density at radius 3 is 2.60 bits per heavy atom. The Morgan fingerprint density at radius 2 is 1.88 bits per heavy atom. The lowest BCUT2D eigenvalue weighted by Gasteiger charge is -2.27. The monoisotopic (exact) mass is 336 g/mol. The van der Waals surface area contributed by atoms with E-state index in [2.05, 4.69) is 20.6 Å². The molecule has 0 bridgehead atoms. The Hall–Kier alpha value is -2.76. The van der Waals surface area contributed by atoms with Gasteiger partial charge >= 0.3 is 0 Å². The van der Waals surface area contributed by atoms with E-state index >= 15 is 0 Å². The fourth-order valence-corrected chi connectivity index (χ4v) is 2.96. The summed E-state index contributed by atoms with van der Waals surface area (Å²) in [5, 5.41) is 5.82. The number of nitrogens with zero attached hydrogens (tertiary/aromatic N) is 2. The first kappa shape index (κ1) is 15.7. The summed E-state index contributed by atoms with van der Waals surface area (Å²) in [6, 6.07) is 5.38. The zero-order valence-corrected chi connectivity index (χ0v) is 13.9. The van der Waals surface area contributed by atoms with E-state index in [0.717, 1.165) is 36.9 Å². The molecule has 0 atom stereocenters. The van der Waals surface area contributed by atoms with Crippen LogP contribution in [0.25, 0.3) is 0 Å². The van der Waals surface area contributed by atoms with Crippen molar-refractivity contribution >= 4 is 17.5 Å². The molecule has 25 heavy (non-hydrogen) atoms. The third kappa shape index (κ3) is 3.52. The van der Waals surface area contributed by atoms with Crippen LogP contribution in [0, 0.1) is 0 Å². The Morgan fingerprint density at radius 1 is 1.04 bits per heavy atom. The number of rotatable bonds is 5. The van der Waals surface area contributed by atoms with E-state index in [1.165, 1.54) is 18.7 Å². The second-order valence-electron chi connectivity index (χ2n) is 6.72. The topological polar surface area (TPSA) is 84.0 Å². The first-order valence-electron chi connectivity index (χ1n) is 8.73. The maximum absolute atomic E-state index is 12.6. The summed E-state index contributed by atoms with van der Waals surface area (Å²) in [7, 11) is 0. The molecular weight excluding hydrogens is 316 g/mol. The van der Waals surface area contributed by atoms with Crippen molar-refractivity contribution in [2.45, 2.75) is 44.1 Å². The fraction of sp³-hybridized carbons (Fsp3) is 0.368. The number of aromatic nitrogens is 2. The van der Waals surface area contributed by atoms with Crippen molar-refractivity contribution in [2.75, 3.05) is 5.32 Å². The van der Waals surface area contributed by atoms with Gasteiger partial charge in [0.2, 0.25) is 0 Å². The molecule has 2 amide bonds. The highest BCUT2D eigenvalue weighted by molar-refractivity contribution is 6.06. The number of carbonyl (C=O) groups excluding carboxylic acids is 2. The summed E-state index contributed by atoms with van der Waals surface area (Å²) in [6.45, 7) is 0. The van der Waals surface area contributed by atoms with Gasteiger partial charge in [-0.1, -0.05) is 6.42 Å². The number of anilines is 1. The first-order chi connectivity index (χ1) is 12.2. The second kappa shape index (κ2) is 6.63. The third-order valence-electron chi connectivity index (χ3n) is 4.82. The van der Waals surface area contributed by atoms with Crippen LogP contribution in [0.5, 0.6) is 0 Å². The molecule has 0 radical (unpaired) electrons.